The molecule has 0 spiro atoms. The average molecular weight is 269 g/mol. The molecule has 0 heterocycles. The first-order valence-electron chi connectivity index (χ1n) is 6.84. The maximum absolute atomic E-state index is 12.0. The van der Waals surface area contributed by atoms with Crippen LogP contribution in [0.25, 0.3) is 0 Å². The maximum atomic E-state index is 12.0. The van der Waals surface area contributed by atoms with Crippen LogP contribution in [0.4, 0.5) is 5.69 Å². The van der Waals surface area contributed by atoms with E-state index >= 15 is 0 Å². The summed E-state index contributed by atoms with van der Waals surface area (Å²) in [6.45, 7) is 3.05. The molecule has 2 rings (SSSR count). The number of carbonyl (C=O) groups is 1. The summed E-state index contributed by atoms with van der Waals surface area (Å²) in [5.74, 6) is 0.871. The number of para-hydroxylation sites is 1. The second-order valence-electron chi connectivity index (χ2n) is 4.52. The van der Waals surface area contributed by atoms with Gasteiger partial charge in [0.25, 0.3) is 0 Å². The zero-order valence-electron chi connectivity index (χ0n) is 11.6. The van der Waals surface area contributed by atoms with Crippen LogP contribution in [0.3, 0.4) is 0 Å². The van der Waals surface area contributed by atoms with Crippen molar-refractivity contribution in [1.82, 2.24) is 0 Å². The number of hydrogen-bond acceptors (Lipinski definition) is 3. The van der Waals surface area contributed by atoms with Gasteiger partial charge in [0.2, 0.25) is 0 Å². The highest BCUT2D eigenvalue weighted by molar-refractivity contribution is 5.99. The van der Waals surface area contributed by atoms with Crippen LogP contribution >= 0.6 is 0 Å². The Morgan fingerprint density at radius 1 is 1.05 bits per heavy atom. The number of carbonyl (C=O) groups excluding carboxylic acids is 1. The Morgan fingerprint density at radius 2 is 1.75 bits per heavy atom. The number of ether oxygens (including phenoxy) is 1. The summed E-state index contributed by atoms with van der Waals surface area (Å²) < 4.78 is 5.49. The number of benzene rings is 2. The van der Waals surface area contributed by atoms with E-state index in [-0.39, 0.29) is 5.78 Å². The van der Waals surface area contributed by atoms with Gasteiger partial charge in [-0.05, 0) is 42.8 Å². The quantitative estimate of drug-likeness (QED) is 0.778. The van der Waals surface area contributed by atoms with E-state index in [1.165, 1.54) is 0 Å². The minimum atomic E-state index is 0.0656. The van der Waals surface area contributed by atoms with Gasteiger partial charge in [-0.2, -0.15) is 0 Å². The monoisotopic (exact) mass is 269 g/mol. The Morgan fingerprint density at radius 3 is 2.40 bits per heavy atom. The van der Waals surface area contributed by atoms with Crippen LogP contribution in [-0.2, 0) is 0 Å². The molecule has 0 aliphatic heterocycles. The van der Waals surface area contributed by atoms with E-state index in [9.17, 15) is 4.79 Å². The van der Waals surface area contributed by atoms with Crippen molar-refractivity contribution < 1.29 is 9.53 Å². The number of Topliss-reactive ketones (excluding diaryl/α,β-unsaturated/α-hetero) is 1. The van der Waals surface area contributed by atoms with Gasteiger partial charge in [-0.25, -0.2) is 0 Å². The summed E-state index contributed by atoms with van der Waals surface area (Å²) in [5.41, 5.74) is 1.64. The van der Waals surface area contributed by atoms with Gasteiger partial charge >= 0.3 is 0 Å². The summed E-state index contributed by atoms with van der Waals surface area (Å²) in [7, 11) is 0. The summed E-state index contributed by atoms with van der Waals surface area (Å²) in [5, 5.41) is 3.11. The summed E-state index contributed by atoms with van der Waals surface area (Å²) in [4.78, 5) is 12.0. The molecule has 3 heteroatoms. The third-order valence-electron chi connectivity index (χ3n) is 2.88. The summed E-state index contributed by atoms with van der Waals surface area (Å²) >= 11 is 0. The van der Waals surface area contributed by atoms with Crippen molar-refractivity contribution in [1.29, 1.82) is 0 Å². The second kappa shape index (κ2) is 7.34. The first kappa shape index (κ1) is 14.1. The summed E-state index contributed by atoms with van der Waals surface area (Å²) in [6.07, 6.45) is 0.974. The zero-order chi connectivity index (χ0) is 14.2. The van der Waals surface area contributed by atoms with Crippen LogP contribution in [0.5, 0.6) is 5.75 Å². The number of hydrogen-bond donors (Lipinski definition) is 1. The Labute approximate surface area is 119 Å². The van der Waals surface area contributed by atoms with E-state index in [0.29, 0.717) is 18.7 Å². The molecule has 2 aromatic rings. The molecule has 104 valence electrons. The van der Waals surface area contributed by atoms with Crippen LogP contribution in [0.15, 0.2) is 54.6 Å². The van der Waals surface area contributed by atoms with Gasteiger partial charge < -0.3 is 10.1 Å². The highest BCUT2D eigenvalue weighted by atomic mass is 16.5. The number of ketones is 1. The van der Waals surface area contributed by atoms with E-state index < -0.39 is 0 Å². The first-order valence-corrected chi connectivity index (χ1v) is 6.84. The number of rotatable bonds is 7. The van der Waals surface area contributed by atoms with E-state index in [4.69, 9.17) is 4.74 Å². The third-order valence-corrected chi connectivity index (χ3v) is 2.88. The Balaban J connectivity index is 1.89. The largest absolute Gasteiger partial charge is 0.494 e. The molecule has 2 aromatic carbocycles. The van der Waals surface area contributed by atoms with Crippen molar-refractivity contribution in [3.05, 3.63) is 60.2 Å². The summed E-state index contributed by atoms with van der Waals surface area (Å²) in [6, 6.07) is 17.0. The fourth-order valence-electron chi connectivity index (χ4n) is 1.80. The van der Waals surface area contributed by atoms with Gasteiger partial charge in [0.05, 0.1) is 13.2 Å². The van der Waals surface area contributed by atoms with Crippen LogP contribution < -0.4 is 10.1 Å². The number of anilines is 1. The normalized spacial score (nSPS) is 10.1. The molecule has 0 atom stereocenters. The van der Waals surface area contributed by atoms with Crippen molar-refractivity contribution in [2.24, 2.45) is 0 Å². The average Bonchev–Trinajstić information content (AvgIpc) is 2.52. The van der Waals surface area contributed by atoms with Crippen molar-refractivity contribution >= 4 is 11.5 Å². The van der Waals surface area contributed by atoms with Gasteiger partial charge in [0.1, 0.15) is 5.75 Å². The lowest BCUT2D eigenvalue weighted by atomic mass is 10.1. The molecule has 0 bridgehead atoms. The third kappa shape index (κ3) is 4.12. The van der Waals surface area contributed by atoms with Gasteiger partial charge in [0, 0.05) is 11.3 Å². The van der Waals surface area contributed by atoms with Crippen molar-refractivity contribution in [3.63, 3.8) is 0 Å². The smallest absolute Gasteiger partial charge is 0.181 e. The second-order valence-corrected chi connectivity index (χ2v) is 4.52. The van der Waals surface area contributed by atoms with Gasteiger partial charge in [0.15, 0.2) is 5.78 Å². The Hall–Kier alpha value is -2.29. The SMILES string of the molecule is CCCOc1ccc(C(=O)CNc2ccccc2)cc1. The standard InChI is InChI=1S/C17H19NO2/c1-2-12-20-16-10-8-14(9-11-16)17(19)13-18-15-6-4-3-5-7-15/h3-11,18H,2,12-13H2,1H3. The lowest BCUT2D eigenvalue weighted by Gasteiger charge is -2.07. The molecule has 0 unspecified atom stereocenters. The minimum Gasteiger partial charge on any atom is -0.494 e. The molecule has 0 fully saturated rings. The lowest BCUT2D eigenvalue weighted by Crippen LogP contribution is -2.13. The molecule has 20 heavy (non-hydrogen) atoms. The molecule has 3 nitrogen and oxygen atoms in total. The van der Waals surface area contributed by atoms with E-state index in [2.05, 4.69) is 12.2 Å². The van der Waals surface area contributed by atoms with Crippen molar-refractivity contribution in [2.45, 2.75) is 13.3 Å². The molecule has 1 N–H and O–H groups in total. The molecule has 0 saturated heterocycles. The highest BCUT2D eigenvalue weighted by Gasteiger charge is 2.05. The number of nitrogens with one attached hydrogen (secondary N) is 1. The topological polar surface area (TPSA) is 38.3 Å². The molecular formula is C17H19NO2. The fraction of sp³-hybridized carbons (Fsp3) is 0.235. The fourth-order valence-corrected chi connectivity index (χ4v) is 1.80. The molecule has 0 aliphatic carbocycles. The van der Waals surface area contributed by atoms with Gasteiger partial charge in [-0.1, -0.05) is 25.1 Å². The van der Waals surface area contributed by atoms with Gasteiger partial charge in [-0.3, -0.25) is 4.79 Å². The minimum absolute atomic E-state index is 0.0656. The lowest BCUT2D eigenvalue weighted by molar-refractivity contribution is 0.101. The predicted octanol–water partition coefficient (Wildman–Crippen LogP) is 3.77. The Kier molecular flexibility index (Phi) is 5.18. The van der Waals surface area contributed by atoms with Crippen LogP contribution in [0, 0.1) is 0 Å². The molecule has 0 aromatic heterocycles. The van der Waals surface area contributed by atoms with E-state index in [0.717, 1.165) is 17.9 Å². The van der Waals surface area contributed by atoms with Crippen LogP contribution in [-0.4, -0.2) is 18.9 Å². The molecular weight excluding hydrogens is 250 g/mol. The molecule has 0 amide bonds. The predicted molar refractivity (Wildman–Crippen MR) is 81.5 cm³/mol. The first-order chi connectivity index (χ1) is 9.79. The highest BCUT2D eigenvalue weighted by Crippen LogP contribution is 2.13. The van der Waals surface area contributed by atoms with Crippen LogP contribution in [0.1, 0.15) is 23.7 Å². The van der Waals surface area contributed by atoms with Crippen molar-refractivity contribution in [3.8, 4) is 5.75 Å². The van der Waals surface area contributed by atoms with Crippen molar-refractivity contribution in [2.75, 3.05) is 18.5 Å². The zero-order valence-corrected chi connectivity index (χ0v) is 11.6. The van der Waals surface area contributed by atoms with Gasteiger partial charge in [-0.15, -0.1) is 0 Å². The Bertz CT molecular complexity index is 535. The van der Waals surface area contributed by atoms with E-state index in [1.54, 1.807) is 12.1 Å². The molecule has 0 aliphatic rings. The molecule has 0 saturated carbocycles. The van der Waals surface area contributed by atoms with Crippen LogP contribution in [0.2, 0.25) is 0 Å². The van der Waals surface area contributed by atoms with E-state index in [1.807, 2.05) is 42.5 Å². The maximum Gasteiger partial charge on any atom is 0.181 e. The molecule has 0 radical (unpaired) electrons.